The summed E-state index contributed by atoms with van der Waals surface area (Å²) in [6, 6.07) is 7.51. The molecular formula is C19H25ClN6O2. The van der Waals surface area contributed by atoms with Crippen LogP contribution in [0.4, 0.5) is 0 Å². The first-order chi connectivity index (χ1) is 13.1. The van der Waals surface area contributed by atoms with Gasteiger partial charge < -0.3 is 15.2 Å². The largest absolute Gasteiger partial charge is 0.354 e. The minimum Gasteiger partial charge on any atom is -0.354 e. The normalized spacial score (nSPS) is 11.7. The summed E-state index contributed by atoms with van der Waals surface area (Å²) >= 11 is 0. The van der Waals surface area contributed by atoms with Crippen molar-refractivity contribution in [1.82, 2.24) is 30.6 Å². The van der Waals surface area contributed by atoms with Gasteiger partial charge in [0.2, 0.25) is 5.91 Å². The Balaban J connectivity index is 0.00000280. The van der Waals surface area contributed by atoms with E-state index in [4.69, 9.17) is 4.52 Å². The number of likely N-dealkylation sites (N-methyl/N-ethyl adjacent to an activating group) is 1. The van der Waals surface area contributed by atoms with Crippen LogP contribution in [0.2, 0.25) is 0 Å². The van der Waals surface area contributed by atoms with Crippen LogP contribution in [0.15, 0.2) is 41.2 Å². The van der Waals surface area contributed by atoms with Gasteiger partial charge in [0.15, 0.2) is 5.82 Å². The number of carbonyl (C=O) groups excluding carboxylic acids is 1. The monoisotopic (exact) mass is 404 g/mol. The Morgan fingerprint density at radius 1 is 1.29 bits per heavy atom. The van der Waals surface area contributed by atoms with E-state index < -0.39 is 6.04 Å². The summed E-state index contributed by atoms with van der Waals surface area (Å²) in [4.78, 5) is 16.7. The standard InChI is InChI=1S/C19H24N6O2.ClH/c1-4-16-23-19(27-24-16)14-7-5-13(6-8-14)9-10-21-18(26)17(20-2)15-11-22-25(3)12-15;/h5-8,11-12,17,20H,4,9-10H2,1-3H3,(H,21,26);1H. The molecule has 1 amide bonds. The van der Waals surface area contributed by atoms with Crippen molar-refractivity contribution in [3.63, 3.8) is 0 Å². The van der Waals surface area contributed by atoms with E-state index >= 15 is 0 Å². The molecule has 3 aromatic rings. The highest BCUT2D eigenvalue weighted by molar-refractivity contribution is 5.85. The van der Waals surface area contributed by atoms with Crippen molar-refractivity contribution < 1.29 is 9.32 Å². The first kappa shape index (κ1) is 21.6. The van der Waals surface area contributed by atoms with E-state index in [1.807, 2.05) is 44.4 Å². The number of nitrogens with zero attached hydrogens (tertiary/aromatic N) is 4. The van der Waals surface area contributed by atoms with Gasteiger partial charge in [-0.1, -0.05) is 24.2 Å². The van der Waals surface area contributed by atoms with Gasteiger partial charge in [-0.05, 0) is 31.2 Å². The number of nitrogens with one attached hydrogen (secondary N) is 2. The van der Waals surface area contributed by atoms with Crippen molar-refractivity contribution in [3.8, 4) is 11.5 Å². The molecule has 0 spiro atoms. The van der Waals surface area contributed by atoms with Gasteiger partial charge in [-0.2, -0.15) is 10.1 Å². The number of carbonyl (C=O) groups is 1. The number of benzene rings is 1. The molecule has 0 aliphatic rings. The van der Waals surface area contributed by atoms with Crippen LogP contribution in [-0.4, -0.2) is 39.4 Å². The van der Waals surface area contributed by atoms with E-state index in [1.54, 1.807) is 17.9 Å². The topological polar surface area (TPSA) is 97.9 Å². The van der Waals surface area contributed by atoms with Crippen LogP contribution < -0.4 is 10.6 Å². The predicted octanol–water partition coefficient (Wildman–Crippen LogP) is 2.07. The Bertz CT molecular complexity index is 890. The molecule has 0 aliphatic heterocycles. The molecule has 3 rings (SSSR count). The number of rotatable bonds is 8. The van der Waals surface area contributed by atoms with Crippen molar-refractivity contribution in [2.45, 2.75) is 25.8 Å². The fourth-order valence-corrected chi connectivity index (χ4v) is 2.80. The average Bonchev–Trinajstić information content (AvgIpc) is 3.32. The number of aryl methyl sites for hydroxylation is 2. The molecule has 0 aliphatic carbocycles. The molecule has 0 bridgehead atoms. The van der Waals surface area contributed by atoms with Crippen LogP contribution in [0.3, 0.4) is 0 Å². The lowest BCUT2D eigenvalue weighted by Gasteiger charge is -2.14. The number of halogens is 1. The quantitative estimate of drug-likeness (QED) is 0.596. The maximum absolute atomic E-state index is 12.4. The predicted molar refractivity (Wildman–Crippen MR) is 108 cm³/mol. The van der Waals surface area contributed by atoms with E-state index in [1.165, 1.54) is 0 Å². The Hall–Kier alpha value is -2.71. The highest BCUT2D eigenvalue weighted by Gasteiger charge is 2.19. The second-order valence-electron chi connectivity index (χ2n) is 6.28. The molecule has 28 heavy (non-hydrogen) atoms. The second kappa shape index (κ2) is 10.0. The third kappa shape index (κ3) is 5.17. The summed E-state index contributed by atoms with van der Waals surface area (Å²) in [6.07, 6.45) is 5.01. The summed E-state index contributed by atoms with van der Waals surface area (Å²) in [5.41, 5.74) is 2.85. The first-order valence-corrected chi connectivity index (χ1v) is 8.96. The van der Waals surface area contributed by atoms with Gasteiger partial charge in [-0.25, -0.2) is 0 Å². The first-order valence-electron chi connectivity index (χ1n) is 8.96. The molecule has 2 aromatic heterocycles. The Morgan fingerprint density at radius 2 is 2.04 bits per heavy atom. The minimum atomic E-state index is -0.411. The number of aromatic nitrogens is 4. The maximum Gasteiger partial charge on any atom is 0.257 e. The van der Waals surface area contributed by atoms with Gasteiger partial charge in [0.25, 0.3) is 5.89 Å². The van der Waals surface area contributed by atoms with E-state index in [-0.39, 0.29) is 18.3 Å². The zero-order valence-corrected chi connectivity index (χ0v) is 17.0. The maximum atomic E-state index is 12.4. The SMILES string of the molecule is CCc1noc(-c2ccc(CCNC(=O)C(NC)c3cnn(C)c3)cc2)n1.Cl. The summed E-state index contributed by atoms with van der Waals surface area (Å²) in [6.45, 7) is 2.54. The van der Waals surface area contributed by atoms with Gasteiger partial charge in [-0.3, -0.25) is 9.48 Å². The molecule has 0 fully saturated rings. The molecule has 8 nitrogen and oxygen atoms in total. The van der Waals surface area contributed by atoms with Crippen molar-refractivity contribution in [1.29, 1.82) is 0 Å². The van der Waals surface area contributed by atoms with E-state index in [0.29, 0.717) is 18.3 Å². The molecule has 1 aromatic carbocycles. The Morgan fingerprint density at radius 3 is 2.61 bits per heavy atom. The number of amides is 1. The summed E-state index contributed by atoms with van der Waals surface area (Å²) in [7, 11) is 3.59. The molecular weight excluding hydrogens is 380 g/mol. The summed E-state index contributed by atoms with van der Waals surface area (Å²) in [5.74, 6) is 1.16. The van der Waals surface area contributed by atoms with E-state index in [9.17, 15) is 4.79 Å². The Labute approximate surface area is 170 Å². The molecule has 0 saturated heterocycles. The molecule has 9 heteroatoms. The summed E-state index contributed by atoms with van der Waals surface area (Å²) in [5, 5.41) is 14.0. The third-order valence-electron chi connectivity index (χ3n) is 4.31. The van der Waals surface area contributed by atoms with Crippen LogP contribution >= 0.6 is 12.4 Å². The number of hydrogen-bond donors (Lipinski definition) is 2. The van der Waals surface area contributed by atoms with Crippen LogP contribution in [0.25, 0.3) is 11.5 Å². The summed E-state index contributed by atoms with van der Waals surface area (Å²) < 4.78 is 6.93. The lowest BCUT2D eigenvalue weighted by Crippen LogP contribution is -2.36. The zero-order valence-electron chi connectivity index (χ0n) is 16.2. The van der Waals surface area contributed by atoms with Gasteiger partial charge in [0.05, 0.1) is 6.20 Å². The number of hydrogen-bond acceptors (Lipinski definition) is 6. The van der Waals surface area contributed by atoms with E-state index in [2.05, 4.69) is 25.9 Å². The lowest BCUT2D eigenvalue weighted by atomic mass is 10.1. The van der Waals surface area contributed by atoms with Crippen molar-refractivity contribution in [2.24, 2.45) is 7.05 Å². The lowest BCUT2D eigenvalue weighted by molar-refractivity contribution is -0.123. The van der Waals surface area contributed by atoms with Gasteiger partial charge in [0, 0.05) is 37.3 Å². The van der Waals surface area contributed by atoms with E-state index in [0.717, 1.165) is 29.5 Å². The average molecular weight is 405 g/mol. The molecule has 0 radical (unpaired) electrons. The molecule has 2 N–H and O–H groups in total. The highest BCUT2D eigenvalue weighted by Crippen LogP contribution is 2.18. The molecule has 1 atom stereocenters. The van der Waals surface area contributed by atoms with Crippen LogP contribution in [0, 0.1) is 0 Å². The van der Waals surface area contributed by atoms with Crippen LogP contribution in [0.1, 0.15) is 29.9 Å². The third-order valence-corrected chi connectivity index (χ3v) is 4.31. The fraction of sp³-hybridized carbons (Fsp3) is 0.368. The van der Waals surface area contributed by atoms with Crippen molar-refractivity contribution >= 4 is 18.3 Å². The Kier molecular flexibility index (Phi) is 7.71. The van der Waals surface area contributed by atoms with Gasteiger partial charge in [0.1, 0.15) is 6.04 Å². The molecule has 2 heterocycles. The van der Waals surface area contributed by atoms with Crippen LogP contribution in [-0.2, 0) is 24.7 Å². The second-order valence-corrected chi connectivity index (χ2v) is 6.28. The fourth-order valence-electron chi connectivity index (χ4n) is 2.80. The highest BCUT2D eigenvalue weighted by atomic mass is 35.5. The van der Waals surface area contributed by atoms with Gasteiger partial charge >= 0.3 is 0 Å². The van der Waals surface area contributed by atoms with Gasteiger partial charge in [-0.15, -0.1) is 12.4 Å². The molecule has 150 valence electrons. The van der Waals surface area contributed by atoms with Crippen molar-refractivity contribution in [3.05, 3.63) is 53.6 Å². The smallest absolute Gasteiger partial charge is 0.257 e. The molecule has 1 unspecified atom stereocenters. The minimum absolute atomic E-state index is 0. The zero-order chi connectivity index (χ0) is 19.2. The molecule has 0 saturated carbocycles. The van der Waals surface area contributed by atoms with Crippen molar-refractivity contribution in [2.75, 3.05) is 13.6 Å². The van der Waals surface area contributed by atoms with Crippen LogP contribution in [0.5, 0.6) is 0 Å².